The third kappa shape index (κ3) is 6.28. The second-order valence-electron chi connectivity index (χ2n) is 6.31. The molecule has 28 heavy (non-hydrogen) atoms. The molecule has 0 aliphatic carbocycles. The molecule has 0 heterocycles. The predicted octanol–water partition coefficient (Wildman–Crippen LogP) is 3.17. The zero-order valence-corrected chi connectivity index (χ0v) is 16.0. The molecule has 7 heteroatoms. The number of benzene rings is 2. The van der Waals surface area contributed by atoms with Crippen LogP contribution in [0.3, 0.4) is 0 Å². The second-order valence-corrected chi connectivity index (χ2v) is 6.31. The maximum absolute atomic E-state index is 11.8. The van der Waals surface area contributed by atoms with Gasteiger partial charge in [-0.05, 0) is 48.2 Å². The number of aliphatic hydroxyl groups excluding tert-OH is 1. The number of rotatable bonds is 10. The Balaban J connectivity index is 1.96. The van der Waals surface area contributed by atoms with E-state index in [-0.39, 0.29) is 18.7 Å². The highest BCUT2D eigenvalue weighted by Gasteiger charge is 2.12. The van der Waals surface area contributed by atoms with Gasteiger partial charge in [-0.1, -0.05) is 18.2 Å². The number of ether oxygens (including phenoxy) is 2. The first-order valence-corrected chi connectivity index (χ1v) is 8.93. The minimum absolute atomic E-state index is 0.0958. The van der Waals surface area contributed by atoms with Gasteiger partial charge in [0.2, 0.25) is 5.91 Å². The van der Waals surface area contributed by atoms with Crippen LogP contribution >= 0.6 is 0 Å². The number of aliphatic hydroxyl groups is 1. The van der Waals surface area contributed by atoms with E-state index in [4.69, 9.17) is 14.6 Å². The van der Waals surface area contributed by atoms with Crippen molar-refractivity contribution in [3.63, 3.8) is 0 Å². The lowest BCUT2D eigenvalue weighted by Gasteiger charge is -2.14. The van der Waals surface area contributed by atoms with Gasteiger partial charge in [0, 0.05) is 12.1 Å². The van der Waals surface area contributed by atoms with Crippen LogP contribution in [0, 0.1) is 0 Å². The maximum Gasteiger partial charge on any atom is 0.303 e. The number of methoxy groups -OCH3 is 2. The minimum atomic E-state index is -1.02. The molecule has 1 atom stereocenters. The number of nitrogens with one attached hydrogen (secondary N) is 1. The van der Waals surface area contributed by atoms with Crippen molar-refractivity contribution >= 4 is 17.6 Å². The van der Waals surface area contributed by atoms with Gasteiger partial charge in [-0.15, -0.1) is 0 Å². The Morgan fingerprint density at radius 3 is 2.46 bits per heavy atom. The van der Waals surface area contributed by atoms with Crippen molar-refractivity contribution in [2.75, 3.05) is 19.5 Å². The van der Waals surface area contributed by atoms with E-state index in [9.17, 15) is 14.7 Å². The molecule has 0 saturated heterocycles. The lowest BCUT2D eigenvalue weighted by atomic mass is 10.0. The van der Waals surface area contributed by atoms with Crippen LogP contribution in [0.2, 0.25) is 0 Å². The number of carbonyl (C=O) groups excluding carboxylic acids is 1. The van der Waals surface area contributed by atoms with Crippen LogP contribution in [-0.4, -0.2) is 36.3 Å². The molecule has 1 unspecified atom stereocenters. The van der Waals surface area contributed by atoms with Gasteiger partial charge in [0.25, 0.3) is 0 Å². The van der Waals surface area contributed by atoms with Gasteiger partial charge in [-0.25, -0.2) is 0 Å². The molecular weight excluding hydrogens is 362 g/mol. The van der Waals surface area contributed by atoms with Crippen LogP contribution in [0.15, 0.2) is 42.5 Å². The fourth-order valence-electron chi connectivity index (χ4n) is 2.77. The molecule has 7 nitrogen and oxygen atoms in total. The number of carboxylic acid groups (broad SMARTS) is 1. The summed E-state index contributed by atoms with van der Waals surface area (Å²) >= 11 is 0. The lowest BCUT2D eigenvalue weighted by Crippen LogP contribution is -2.13. The largest absolute Gasteiger partial charge is 0.493 e. The first-order chi connectivity index (χ1) is 13.4. The molecule has 3 N–H and O–H groups in total. The second kappa shape index (κ2) is 10.3. The van der Waals surface area contributed by atoms with E-state index < -0.39 is 12.1 Å². The third-order valence-electron chi connectivity index (χ3n) is 4.28. The summed E-state index contributed by atoms with van der Waals surface area (Å²) in [6.07, 6.45) is 0.104. The van der Waals surface area contributed by atoms with Crippen LogP contribution in [0.4, 0.5) is 5.69 Å². The van der Waals surface area contributed by atoms with Crippen molar-refractivity contribution in [3.8, 4) is 11.5 Å². The molecule has 1 amide bonds. The van der Waals surface area contributed by atoms with E-state index in [1.54, 1.807) is 38.5 Å². The van der Waals surface area contributed by atoms with Gasteiger partial charge in [0.05, 0.1) is 26.7 Å². The average molecular weight is 387 g/mol. The standard InChI is InChI=1S/C21H25NO6/c1-27-18-9-7-14(12-19(18)28-2)6-8-17(23)15-4-3-5-16(13-15)22-20(24)10-11-21(25)26/h3-5,7,9,12-13,17,23H,6,8,10-11H2,1-2H3,(H,22,24)(H,25,26). The van der Waals surface area contributed by atoms with Crippen LogP contribution in [-0.2, 0) is 16.0 Å². The van der Waals surface area contributed by atoms with E-state index in [2.05, 4.69) is 5.32 Å². The molecule has 2 rings (SSSR count). The Labute approximate surface area is 163 Å². The SMILES string of the molecule is COc1ccc(CCC(O)c2cccc(NC(=O)CCC(=O)O)c2)cc1OC. The van der Waals surface area contributed by atoms with E-state index in [1.165, 1.54) is 0 Å². The summed E-state index contributed by atoms with van der Waals surface area (Å²) in [6.45, 7) is 0. The first kappa shape index (κ1) is 21.2. The normalized spacial score (nSPS) is 11.5. The summed E-state index contributed by atoms with van der Waals surface area (Å²) in [5.74, 6) is -0.104. The fourth-order valence-corrected chi connectivity index (χ4v) is 2.77. The van der Waals surface area contributed by atoms with Gasteiger partial charge in [0.15, 0.2) is 11.5 Å². The summed E-state index contributed by atoms with van der Waals surface area (Å²) in [7, 11) is 3.15. The summed E-state index contributed by atoms with van der Waals surface area (Å²) in [4.78, 5) is 22.3. The summed E-state index contributed by atoms with van der Waals surface area (Å²) in [6, 6.07) is 12.5. The molecule has 0 saturated carbocycles. The van der Waals surface area contributed by atoms with Gasteiger partial charge in [0.1, 0.15) is 0 Å². The van der Waals surface area contributed by atoms with E-state index in [0.29, 0.717) is 35.6 Å². The number of amides is 1. The van der Waals surface area contributed by atoms with Gasteiger partial charge in [-0.2, -0.15) is 0 Å². The van der Waals surface area contributed by atoms with Crippen molar-refractivity contribution in [1.82, 2.24) is 0 Å². The number of aliphatic carboxylic acids is 1. The number of hydrogen-bond acceptors (Lipinski definition) is 5. The monoisotopic (exact) mass is 387 g/mol. The van der Waals surface area contributed by atoms with E-state index >= 15 is 0 Å². The maximum atomic E-state index is 11.8. The Morgan fingerprint density at radius 2 is 1.79 bits per heavy atom. The van der Waals surface area contributed by atoms with Crippen molar-refractivity contribution < 1.29 is 29.3 Å². The Hall–Kier alpha value is -3.06. The smallest absolute Gasteiger partial charge is 0.303 e. The molecule has 0 aliphatic heterocycles. The summed E-state index contributed by atoms with van der Waals surface area (Å²) in [5.41, 5.74) is 2.21. The van der Waals surface area contributed by atoms with Gasteiger partial charge in [-0.3, -0.25) is 9.59 Å². The van der Waals surface area contributed by atoms with Crippen molar-refractivity contribution in [2.45, 2.75) is 31.8 Å². The lowest BCUT2D eigenvalue weighted by molar-refractivity contribution is -0.138. The van der Waals surface area contributed by atoms with E-state index in [0.717, 1.165) is 5.56 Å². The fraction of sp³-hybridized carbons (Fsp3) is 0.333. The Bertz CT molecular complexity index is 820. The molecule has 0 fully saturated rings. The first-order valence-electron chi connectivity index (χ1n) is 8.93. The highest BCUT2D eigenvalue weighted by atomic mass is 16.5. The van der Waals surface area contributed by atoms with Crippen molar-refractivity contribution in [1.29, 1.82) is 0 Å². The highest BCUT2D eigenvalue weighted by molar-refractivity contribution is 5.92. The summed E-state index contributed by atoms with van der Waals surface area (Å²) in [5, 5.41) is 21.8. The topological polar surface area (TPSA) is 105 Å². The minimum Gasteiger partial charge on any atom is -0.493 e. The van der Waals surface area contributed by atoms with Crippen LogP contribution in [0.5, 0.6) is 11.5 Å². The highest BCUT2D eigenvalue weighted by Crippen LogP contribution is 2.29. The number of carbonyl (C=O) groups is 2. The molecule has 0 radical (unpaired) electrons. The average Bonchev–Trinajstić information content (AvgIpc) is 2.70. The zero-order chi connectivity index (χ0) is 20.5. The van der Waals surface area contributed by atoms with Crippen molar-refractivity contribution in [2.24, 2.45) is 0 Å². The van der Waals surface area contributed by atoms with Crippen molar-refractivity contribution in [3.05, 3.63) is 53.6 Å². The third-order valence-corrected chi connectivity index (χ3v) is 4.28. The molecule has 2 aromatic carbocycles. The molecule has 0 aliphatic rings. The number of anilines is 1. The quantitative estimate of drug-likeness (QED) is 0.578. The molecule has 0 bridgehead atoms. The Morgan fingerprint density at radius 1 is 1.04 bits per heavy atom. The van der Waals surface area contributed by atoms with Crippen LogP contribution in [0.25, 0.3) is 0 Å². The molecule has 150 valence electrons. The predicted molar refractivity (Wildman–Crippen MR) is 105 cm³/mol. The van der Waals surface area contributed by atoms with E-state index in [1.807, 2.05) is 18.2 Å². The molecule has 0 aromatic heterocycles. The molecule has 2 aromatic rings. The molecule has 0 spiro atoms. The van der Waals surface area contributed by atoms with Crippen LogP contribution < -0.4 is 14.8 Å². The van der Waals surface area contributed by atoms with Crippen LogP contribution in [0.1, 0.15) is 36.5 Å². The zero-order valence-electron chi connectivity index (χ0n) is 16.0. The van der Waals surface area contributed by atoms with Gasteiger partial charge >= 0.3 is 5.97 Å². The molecular formula is C21H25NO6. The van der Waals surface area contributed by atoms with Gasteiger partial charge < -0.3 is 25.0 Å². The number of carboxylic acids is 1. The Kier molecular flexibility index (Phi) is 7.83. The number of hydrogen-bond donors (Lipinski definition) is 3. The summed E-state index contributed by atoms with van der Waals surface area (Å²) < 4.78 is 10.5. The number of aryl methyl sites for hydroxylation is 1.